The Morgan fingerprint density at radius 3 is 2.60 bits per heavy atom. The average Bonchev–Trinajstić information content (AvgIpc) is 2.52. The number of hydrogen-bond donors (Lipinski definition) is 0. The van der Waals surface area contributed by atoms with Crippen molar-refractivity contribution in [1.82, 2.24) is 9.80 Å². The molecule has 1 saturated heterocycles. The van der Waals surface area contributed by atoms with Crippen LogP contribution in [0.25, 0.3) is 0 Å². The molecule has 1 aliphatic heterocycles. The lowest BCUT2D eigenvalue weighted by Gasteiger charge is -2.20. The third-order valence-corrected chi connectivity index (χ3v) is 3.58. The molecule has 0 saturated carbocycles. The molecule has 0 aromatic heterocycles. The molecule has 0 bridgehead atoms. The van der Waals surface area contributed by atoms with Crippen LogP contribution in [0.3, 0.4) is 0 Å². The van der Waals surface area contributed by atoms with E-state index >= 15 is 0 Å². The maximum atomic E-state index is 11.5. The molecule has 1 rings (SSSR count). The van der Waals surface area contributed by atoms with E-state index in [1.54, 1.807) is 0 Å². The van der Waals surface area contributed by atoms with Crippen LogP contribution in [0.4, 0.5) is 0 Å². The minimum absolute atomic E-state index is 0.302. The van der Waals surface area contributed by atoms with Gasteiger partial charge in [0.05, 0.1) is 0 Å². The van der Waals surface area contributed by atoms with Crippen LogP contribution in [0.15, 0.2) is 0 Å². The average molecular weight is 277 g/mol. The lowest BCUT2D eigenvalue weighted by atomic mass is 10.3. The summed E-state index contributed by atoms with van der Waals surface area (Å²) in [7, 11) is 0. The third kappa shape index (κ3) is 4.11. The Morgan fingerprint density at radius 2 is 2.13 bits per heavy atom. The number of alkyl halides is 1. The Balaban J connectivity index is 2.17. The van der Waals surface area contributed by atoms with Crippen LogP contribution in [-0.2, 0) is 4.79 Å². The van der Waals surface area contributed by atoms with Gasteiger partial charge in [-0.2, -0.15) is 0 Å². The zero-order valence-electron chi connectivity index (χ0n) is 9.71. The summed E-state index contributed by atoms with van der Waals surface area (Å²) in [5.41, 5.74) is 0. The van der Waals surface area contributed by atoms with E-state index in [-0.39, 0.29) is 0 Å². The lowest BCUT2D eigenvalue weighted by molar-refractivity contribution is -0.127. The summed E-state index contributed by atoms with van der Waals surface area (Å²) in [4.78, 5) is 16.2. The first-order valence-electron chi connectivity index (χ1n) is 5.81. The molecule has 1 fully saturated rings. The first-order chi connectivity index (χ1) is 7.17. The van der Waals surface area contributed by atoms with E-state index in [4.69, 9.17) is 0 Å². The number of hydrogen-bond acceptors (Lipinski definition) is 2. The van der Waals surface area contributed by atoms with Crippen molar-refractivity contribution in [2.24, 2.45) is 0 Å². The van der Waals surface area contributed by atoms with Crippen LogP contribution in [0, 0.1) is 0 Å². The van der Waals surface area contributed by atoms with E-state index in [1.165, 1.54) is 0 Å². The lowest BCUT2D eigenvalue weighted by Crippen LogP contribution is -2.31. The van der Waals surface area contributed by atoms with Gasteiger partial charge >= 0.3 is 0 Å². The molecule has 1 aliphatic rings. The Bertz CT molecular complexity index is 207. The fraction of sp³-hybridized carbons (Fsp3) is 0.909. The minimum atomic E-state index is 0.302. The summed E-state index contributed by atoms with van der Waals surface area (Å²) >= 11 is 3.49. The zero-order chi connectivity index (χ0) is 11.3. The van der Waals surface area contributed by atoms with E-state index in [1.807, 2.05) is 4.90 Å². The third-order valence-electron chi connectivity index (χ3n) is 2.96. The van der Waals surface area contributed by atoms with Crippen molar-refractivity contribution >= 4 is 21.8 Å². The van der Waals surface area contributed by atoms with Crippen molar-refractivity contribution in [1.29, 1.82) is 0 Å². The quantitative estimate of drug-likeness (QED) is 0.690. The molecule has 0 N–H and O–H groups in total. The fourth-order valence-electron chi connectivity index (χ4n) is 1.97. The SMILES string of the molecule is CCN(CC)CCCN1CC(Br)CC1=O. The summed E-state index contributed by atoms with van der Waals surface area (Å²) in [6.07, 6.45) is 1.76. The van der Waals surface area contributed by atoms with Crippen LogP contribution in [-0.4, -0.2) is 53.3 Å². The van der Waals surface area contributed by atoms with Gasteiger partial charge in [-0.05, 0) is 26.1 Å². The highest BCUT2D eigenvalue weighted by atomic mass is 79.9. The standard InChI is InChI=1S/C11H21BrN2O/c1-3-13(4-2)6-5-7-14-9-10(12)8-11(14)15/h10H,3-9H2,1-2H3. The minimum Gasteiger partial charge on any atom is -0.341 e. The number of amides is 1. The van der Waals surface area contributed by atoms with Gasteiger partial charge in [-0.3, -0.25) is 4.79 Å². The highest BCUT2D eigenvalue weighted by Gasteiger charge is 2.26. The van der Waals surface area contributed by atoms with Gasteiger partial charge in [0.25, 0.3) is 0 Å². The second kappa shape index (κ2) is 6.48. The smallest absolute Gasteiger partial charge is 0.223 e. The van der Waals surface area contributed by atoms with Crippen molar-refractivity contribution in [2.45, 2.75) is 31.5 Å². The Morgan fingerprint density at radius 1 is 1.47 bits per heavy atom. The molecule has 0 aromatic rings. The molecule has 4 heteroatoms. The Hall–Kier alpha value is -0.0900. The van der Waals surface area contributed by atoms with Gasteiger partial charge in [0, 0.05) is 24.3 Å². The van der Waals surface area contributed by atoms with E-state index < -0.39 is 0 Å². The molecule has 0 aliphatic carbocycles. The fourth-order valence-corrected chi connectivity index (χ4v) is 2.59. The van der Waals surface area contributed by atoms with Crippen molar-refractivity contribution in [3.05, 3.63) is 0 Å². The molecule has 0 radical (unpaired) electrons. The number of likely N-dealkylation sites (tertiary alicyclic amines) is 1. The first kappa shape index (κ1) is 13.0. The van der Waals surface area contributed by atoms with Crippen molar-refractivity contribution < 1.29 is 4.79 Å². The second-order valence-electron chi connectivity index (χ2n) is 4.02. The highest BCUT2D eigenvalue weighted by molar-refractivity contribution is 9.09. The Labute approximate surface area is 101 Å². The van der Waals surface area contributed by atoms with Gasteiger partial charge in [-0.25, -0.2) is 0 Å². The molecular weight excluding hydrogens is 256 g/mol. The molecule has 88 valence electrons. The first-order valence-corrected chi connectivity index (χ1v) is 6.73. The van der Waals surface area contributed by atoms with Gasteiger partial charge in [-0.1, -0.05) is 29.8 Å². The van der Waals surface area contributed by atoms with Gasteiger partial charge in [-0.15, -0.1) is 0 Å². The van der Waals surface area contributed by atoms with Crippen molar-refractivity contribution in [3.8, 4) is 0 Å². The predicted octanol–water partition coefficient (Wildman–Crippen LogP) is 1.71. The molecule has 1 unspecified atom stereocenters. The largest absolute Gasteiger partial charge is 0.341 e. The molecule has 0 spiro atoms. The monoisotopic (exact) mass is 276 g/mol. The molecule has 1 heterocycles. The maximum absolute atomic E-state index is 11.5. The van der Waals surface area contributed by atoms with Crippen LogP contribution in [0.5, 0.6) is 0 Å². The van der Waals surface area contributed by atoms with E-state index in [2.05, 4.69) is 34.7 Å². The molecule has 1 amide bonds. The Kier molecular flexibility index (Phi) is 5.61. The highest BCUT2D eigenvalue weighted by Crippen LogP contribution is 2.17. The number of carbonyl (C=O) groups excluding carboxylic acids is 1. The van der Waals surface area contributed by atoms with Crippen molar-refractivity contribution in [2.75, 3.05) is 32.7 Å². The summed E-state index contributed by atoms with van der Waals surface area (Å²) in [6.45, 7) is 9.47. The second-order valence-corrected chi connectivity index (χ2v) is 5.32. The zero-order valence-corrected chi connectivity index (χ0v) is 11.3. The van der Waals surface area contributed by atoms with Gasteiger partial charge in [0.1, 0.15) is 0 Å². The van der Waals surface area contributed by atoms with E-state index in [9.17, 15) is 4.79 Å². The maximum Gasteiger partial charge on any atom is 0.223 e. The molecule has 0 aromatic carbocycles. The summed E-state index contributed by atoms with van der Waals surface area (Å²) in [5, 5.41) is 0. The van der Waals surface area contributed by atoms with Crippen LogP contribution < -0.4 is 0 Å². The topological polar surface area (TPSA) is 23.6 Å². The molecule has 1 atom stereocenters. The normalized spacial score (nSPS) is 21.7. The molecule has 3 nitrogen and oxygen atoms in total. The summed E-state index contributed by atoms with van der Waals surface area (Å²) in [6, 6.07) is 0. The van der Waals surface area contributed by atoms with Gasteiger partial charge < -0.3 is 9.80 Å². The van der Waals surface area contributed by atoms with Crippen LogP contribution in [0.1, 0.15) is 26.7 Å². The van der Waals surface area contributed by atoms with E-state index in [0.717, 1.165) is 39.1 Å². The molecular formula is C11H21BrN2O. The van der Waals surface area contributed by atoms with Gasteiger partial charge in [0.15, 0.2) is 0 Å². The number of nitrogens with zero attached hydrogens (tertiary/aromatic N) is 2. The van der Waals surface area contributed by atoms with Crippen LogP contribution >= 0.6 is 15.9 Å². The molecule has 15 heavy (non-hydrogen) atoms. The van der Waals surface area contributed by atoms with E-state index in [0.29, 0.717) is 17.2 Å². The van der Waals surface area contributed by atoms with Gasteiger partial charge in [0.2, 0.25) is 5.91 Å². The predicted molar refractivity (Wildman–Crippen MR) is 66.3 cm³/mol. The van der Waals surface area contributed by atoms with Crippen LogP contribution in [0.2, 0.25) is 0 Å². The number of halogens is 1. The number of carbonyl (C=O) groups is 1. The number of rotatable bonds is 6. The van der Waals surface area contributed by atoms with Crippen molar-refractivity contribution in [3.63, 3.8) is 0 Å². The summed E-state index contributed by atoms with van der Waals surface area (Å²) in [5.74, 6) is 0.302. The summed E-state index contributed by atoms with van der Waals surface area (Å²) < 4.78 is 0.